The molecule has 0 spiro atoms. The van der Waals surface area contributed by atoms with Crippen molar-refractivity contribution in [2.24, 2.45) is 17.6 Å². The molecular weight excluding hydrogens is 362 g/mol. The third-order valence-corrected chi connectivity index (χ3v) is 4.08. The zero-order valence-corrected chi connectivity index (χ0v) is 17.1. The number of ether oxygens (including phenoxy) is 2. The molecule has 0 aromatic heterocycles. The van der Waals surface area contributed by atoms with E-state index in [9.17, 15) is 14.4 Å². The van der Waals surface area contributed by atoms with E-state index in [0.717, 1.165) is 0 Å². The van der Waals surface area contributed by atoms with Crippen LogP contribution in [0.15, 0.2) is 18.2 Å². The fourth-order valence-electron chi connectivity index (χ4n) is 2.35. The van der Waals surface area contributed by atoms with Crippen LogP contribution in [0, 0.1) is 11.8 Å². The van der Waals surface area contributed by atoms with Gasteiger partial charge in [-0.1, -0.05) is 33.8 Å². The van der Waals surface area contributed by atoms with Gasteiger partial charge in [0.1, 0.15) is 6.04 Å². The number of carboxylic acids is 1. The fourth-order valence-corrected chi connectivity index (χ4v) is 2.35. The highest BCUT2D eigenvalue weighted by Crippen LogP contribution is 2.30. The van der Waals surface area contributed by atoms with Gasteiger partial charge in [-0.3, -0.25) is 14.4 Å². The fraction of sp³-hybridized carbons (Fsp3) is 0.571. The molecule has 7 nitrogen and oxygen atoms in total. The Morgan fingerprint density at radius 1 is 0.929 bits per heavy atom. The van der Waals surface area contributed by atoms with Crippen molar-refractivity contribution in [2.45, 2.75) is 65.8 Å². The third-order valence-electron chi connectivity index (χ3n) is 4.08. The second-order valence-corrected chi connectivity index (χ2v) is 7.74. The summed E-state index contributed by atoms with van der Waals surface area (Å²) in [6.45, 7) is 8.03. The largest absolute Gasteiger partial charge is 0.480 e. The first-order chi connectivity index (χ1) is 13.1. The lowest BCUT2D eigenvalue weighted by atomic mass is 10.1. The summed E-state index contributed by atoms with van der Waals surface area (Å²) in [6.07, 6.45) is 1.91. The molecule has 3 N–H and O–H groups in total. The smallest absolute Gasteiger partial charge is 0.320 e. The molecule has 0 fully saturated rings. The molecule has 0 aliphatic heterocycles. The van der Waals surface area contributed by atoms with E-state index in [4.69, 9.17) is 20.3 Å². The van der Waals surface area contributed by atoms with Crippen molar-refractivity contribution in [1.29, 1.82) is 0 Å². The minimum Gasteiger partial charge on any atom is -0.480 e. The predicted molar refractivity (Wildman–Crippen MR) is 105 cm³/mol. The first-order valence-corrected chi connectivity index (χ1v) is 9.61. The molecule has 28 heavy (non-hydrogen) atoms. The zero-order chi connectivity index (χ0) is 21.3. The average molecular weight is 393 g/mol. The molecular formula is C21H31NO6. The normalized spacial score (nSPS) is 12.1. The monoisotopic (exact) mass is 393 g/mol. The van der Waals surface area contributed by atoms with Crippen molar-refractivity contribution >= 4 is 17.9 Å². The quantitative estimate of drug-likeness (QED) is 0.437. The number of hydrogen-bond donors (Lipinski definition) is 2. The van der Waals surface area contributed by atoms with Crippen LogP contribution in [0.4, 0.5) is 0 Å². The number of rotatable bonds is 11. The molecule has 0 bridgehead atoms. The second kappa shape index (κ2) is 11.4. The van der Waals surface area contributed by atoms with Crippen molar-refractivity contribution < 1.29 is 29.0 Å². The number of aliphatic carboxylic acids is 1. The maximum atomic E-state index is 12.1. The predicted octanol–water partition coefficient (Wildman–Crippen LogP) is 3.32. The van der Waals surface area contributed by atoms with Gasteiger partial charge in [-0.05, 0) is 48.8 Å². The van der Waals surface area contributed by atoms with Crippen LogP contribution < -0.4 is 15.2 Å². The van der Waals surface area contributed by atoms with E-state index in [1.54, 1.807) is 6.07 Å². The lowest BCUT2D eigenvalue weighted by molar-refractivity contribution is -0.138. The number of carbonyl (C=O) groups excluding carboxylic acids is 2. The summed E-state index contributed by atoms with van der Waals surface area (Å²) in [4.78, 5) is 35.2. The van der Waals surface area contributed by atoms with E-state index in [1.807, 2.05) is 27.7 Å². The summed E-state index contributed by atoms with van der Waals surface area (Å²) in [5.41, 5.74) is 6.15. The van der Waals surface area contributed by atoms with Crippen LogP contribution in [-0.2, 0) is 20.8 Å². The highest BCUT2D eigenvalue weighted by atomic mass is 16.6. The van der Waals surface area contributed by atoms with Gasteiger partial charge in [-0.2, -0.15) is 0 Å². The van der Waals surface area contributed by atoms with E-state index in [0.29, 0.717) is 30.2 Å². The van der Waals surface area contributed by atoms with Crippen molar-refractivity contribution in [3.05, 3.63) is 23.8 Å². The maximum Gasteiger partial charge on any atom is 0.320 e. The highest BCUT2D eigenvalue weighted by molar-refractivity contribution is 5.76. The maximum absolute atomic E-state index is 12.1. The van der Waals surface area contributed by atoms with Crippen LogP contribution in [0.5, 0.6) is 11.5 Å². The second-order valence-electron chi connectivity index (χ2n) is 7.74. The van der Waals surface area contributed by atoms with E-state index < -0.39 is 23.9 Å². The molecule has 0 aliphatic rings. The van der Waals surface area contributed by atoms with Crippen molar-refractivity contribution in [3.63, 3.8) is 0 Å². The van der Waals surface area contributed by atoms with Crippen LogP contribution in [0.1, 0.15) is 58.9 Å². The Kier molecular flexibility index (Phi) is 9.65. The molecule has 1 atom stereocenters. The molecule has 1 unspecified atom stereocenters. The molecule has 0 radical (unpaired) electrons. The first-order valence-electron chi connectivity index (χ1n) is 9.61. The molecule has 0 heterocycles. The highest BCUT2D eigenvalue weighted by Gasteiger charge is 2.18. The Morgan fingerprint density at radius 3 is 1.89 bits per heavy atom. The Labute approximate surface area is 166 Å². The Hall–Kier alpha value is -2.41. The Morgan fingerprint density at radius 2 is 1.43 bits per heavy atom. The summed E-state index contributed by atoms with van der Waals surface area (Å²) < 4.78 is 10.8. The summed E-state index contributed by atoms with van der Waals surface area (Å²) in [7, 11) is 0. The van der Waals surface area contributed by atoms with Crippen LogP contribution in [0.3, 0.4) is 0 Å². The van der Waals surface area contributed by atoms with E-state index in [-0.39, 0.29) is 30.8 Å². The van der Waals surface area contributed by atoms with Gasteiger partial charge in [-0.25, -0.2) is 0 Å². The third kappa shape index (κ3) is 8.99. The van der Waals surface area contributed by atoms with E-state index >= 15 is 0 Å². The molecule has 1 aromatic carbocycles. The topological polar surface area (TPSA) is 116 Å². The van der Waals surface area contributed by atoms with Crippen LogP contribution in [0.2, 0.25) is 0 Å². The van der Waals surface area contributed by atoms with Gasteiger partial charge >= 0.3 is 17.9 Å². The number of esters is 2. The van der Waals surface area contributed by atoms with Crippen molar-refractivity contribution in [2.75, 3.05) is 0 Å². The van der Waals surface area contributed by atoms with Crippen LogP contribution in [0.25, 0.3) is 0 Å². The minimum atomic E-state index is -1.13. The van der Waals surface area contributed by atoms with Gasteiger partial charge in [0.2, 0.25) is 0 Å². The summed E-state index contributed by atoms with van der Waals surface area (Å²) in [6, 6.07) is 3.53. The molecule has 1 rings (SSSR count). The van der Waals surface area contributed by atoms with Gasteiger partial charge < -0.3 is 20.3 Å². The van der Waals surface area contributed by atoms with Gasteiger partial charge in [0.25, 0.3) is 0 Å². The summed E-state index contributed by atoms with van der Waals surface area (Å²) in [5, 5.41) is 8.98. The molecule has 156 valence electrons. The number of carbonyl (C=O) groups is 3. The Balaban J connectivity index is 2.96. The van der Waals surface area contributed by atoms with E-state index in [1.165, 1.54) is 12.1 Å². The molecule has 1 aromatic rings. The summed E-state index contributed by atoms with van der Waals surface area (Å²) in [5.74, 6) is -1.03. The minimum absolute atomic E-state index is 0.0630. The summed E-state index contributed by atoms with van der Waals surface area (Å²) >= 11 is 0. The lowest BCUT2D eigenvalue weighted by Gasteiger charge is -2.14. The Bertz CT molecular complexity index is 683. The molecule has 0 saturated heterocycles. The standard InChI is InChI=1S/C21H31NO6/c1-13(2)5-9-19(23)27-17-8-7-15(11-16(22)21(25)26)12-18(17)28-20(24)10-6-14(3)4/h7-8,12-14,16H,5-6,9-11,22H2,1-4H3,(H,25,26). The molecule has 7 heteroatoms. The first kappa shape index (κ1) is 23.6. The number of benzene rings is 1. The van der Waals surface area contributed by atoms with E-state index in [2.05, 4.69) is 0 Å². The van der Waals surface area contributed by atoms with Crippen LogP contribution >= 0.6 is 0 Å². The molecule has 0 amide bonds. The van der Waals surface area contributed by atoms with Gasteiger partial charge in [0, 0.05) is 12.8 Å². The molecule has 0 aliphatic carbocycles. The SMILES string of the molecule is CC(C)CCC(=O)Oc1ccc(CC(N)C(=O)O)cc1OC(=O)CCC(C)C. The van der Waals surface area contributed by atoms with Crippen LogP contribution in [-0.4, -0.2) is 29.1 Å². The molecule has 0 saturated carbocycles. The number of carboxylic acid groups (broad SMARTS) is 1. The lowest BCUT2D eigenvalue weighted by Crippen LogP contribution is -2.32. The van der Waals surface area contributed by atoms with Crippen molar-refractivity contribution in [1.82, 2.24) is 0 Å². The van der Waals surface area contributed by atoms with Gasteiger partial charge in [-0.15, -0.1) is 0 Å². The average Bonchev–Trinajstić information content (AvgIpc) is 2.60. The number of hydrogen-bond acceptors (Lipinski definition) is 6. The zero-order valence-electron chi connectivity index (χ0n) is 17.1. The number of nitrogens with two attached hydrogens (primary N) is 1. The van der Waals surface area contributed by atoms with Gasteiger partial charge in [0.05, 0.1) is 0 Å². The van der Waals surface area contributed by atoms with Crippen molar-refractivity contribution in [3.8, 4) is 11.5 Å². The van der Waals surface area contributed by atoms with Gasteiger partial charge in [0.15, 0.2) is 11.5 Å².